The molecule has 0 saturated carbocycles. The lowest BCUT2D eigenvalue weighted by atomic mass is 10.1. The number of guanidine groups is 1. The molecular formula is C23H34IN5O3. The Bertz CT molecular complexity index is 831. The monoisotopic (exact) mass is 555 g/mol. The van der Waals surface area contributed by atoms with Gasteiger partial charge in [-0.15, -0.1) is 24.0 Å². The van der Waals surface area contributed by atoms with E-state index in [9.17, 15) is 0 Å². The third kappa shape index (κ3) is 8.53. The van der Waals surface area contributed by atoms with E-state index >= 15 is 0 Å². The topological polar surface area (TPSA) is 80.2 Å². The number of morpholine rings is 1. The van der Waals surface area contributed by atoms with Crippen molar-refractivity contribution in [3.63, 3.8) is 0 Å². The van der Waals surface area contributed by atoms with Crippen molar-refractivity contribution in [2.75, 3.05) is 53.7 Å². The molecule has 3 rings (SSSR count). The number of hydrogen-bond acceptors (Lipinski definition) is 6. The van der Waals surface area contributed by atoms with E-state index < -0.39 is 0 Å². The number of ether oxygens (including phenoxy) is 3. The van der Waals surface area contributed by atoms with E-state index in [0.29, 0.717) is 32.2 Å². The zero-order valence-corrected chi connectivity index (χ0v) is 21.2. The van der Waals surface area contributed by atoms with Crippen LogP contribution in [-0.4, -0.2) is 69.5 Å². The molecule has 0 spiro atoms. The normalized spacial score (nSPS) is 14.5. The molecule has 1 aromatic heterocycles. The van der Waals surface area contributed by atoms with Gasteiger partial charge < -0.3 is 24.8 Å². The minimum atomic E-state index is 0. The molecule has 1 saturated heterocycles. The summed E-state index contributed by atoms with van der Waals surface area (Å²) in [6, 6.07) is 12.4. The van der Waals surface area contributed by atoms with Gasteiger partial charge in [0, 0.05) is 58.6 Å². The summed E-state index contributed by atoms with van der Waals surface area (Å²) >= 11 is 0. The van der Waals surface area contributed by atoms with E-state index in [4.69, 9.17) is 14.2 Å². The van der Waals surface area contributed by atoms with Crippen LogP contribution in [0.1, 0.15) is 16.7 Å². The number of aromatic nitrogens is 1. The van der Waals surface area contributed by atoms with Gasteiger partial charge in [0.2, 0.25) is 5.88 Å². The first-order chi connectivity index (χ1) is 15.3. The lowest BCUT2D eigenvalue weighted by Crippen LogP contribution is -2.37. The molecule has 1 aromatic carbocycles. The Labute approximate surface area is 207 Å². The van der Waals surface area contributed by atoms with Gasteiger partial charge in [0.05, 0.1) is 19.8 Å². The largest absolute Gasteiger partial charge is 0.475 e. The number of rotatable bonds is 10. The van der Waals surface area contributed by atoms with Gasteiger partial charge >= 0.3 is 0 Å². The molecule has 1 aliphatic rings. The van der Waals surface area contributed by atoms with Gasteiger partial charge in [0.1, 0.15) is 6.61 Å². The maximum absolute atomic E-state index is 5.71. The van der Waals surface area contributed by atoms with Crippen molar-refractivity contribution in [3.8, 4) is 5.88 Å². The number of pyridine rings is 1. The van der Waals surface area contributed by atoms with Crippen LogP contribution in [0.5, 0.6) is 5.88 Å². The summed E-state index contributed by atoms with van der Waals surface area (Å²) in [5.74, 6) is 1.34. The van der Waals surface area contributed by atoms with E-state index in [-0.39, 0.29) is 24.0 Å². The zero-order chi connectivity index (χ0) is 21.7. The second kappa shape index (κ2) is 15.0. The Morgan fingerprint density at radius 1 is 1.03 bits per heavy atom. The summed E-state index contributed by atoms with van der Waals surface area (Å²) in [6.07, 6.45) is 1.73. The molecule has 0 aliphatic carbocycles. The lowest BCUT2D eigenvalue weighted by Gasteiger charge is -2.27. The molecule has 32 heavy (non-hydrogen) atoms. The minimum absolute atomic E-state index is 0. The van der Waals surface area contributed by atoms with Gasteiger partial charge in [-0.25, -0.2) is 4.98 Å². The number of nitrogens with zero attached hydrogens (tertiary/aromatic N) is 3. The van der Waals surface area contributed by atoms with Gasteiger partial charge in [-0.1, -0.05) is 30.3 Å². The molecule has 0 atom stereocenters. The minimum Gasteiger partial charge on any atom is -0.475 e. The van der Waals surface area contributed by atoms with Crippen LogP contribution < -0.4 is 15.4 Å². The first kappa shape index (κ1) is 26.3. The van der Waals surface area contributed by atoms with Crippen molar-refractivity contribution in [2.45, 2.75) is 19.6 Å². The maximum Gasteiger partial charge on any atom is 0.218 e. The molecular weight excluding hydrogens is 521 g/mol. The van der Waals surface area contributed by atoms with Crippen LogP contribution >= 0.6 is 24.0 Å². The lowest BCUT2D eigenvalue weighted by molar-refractivity contribution is 0.0341. The third-order valence-electron chi connectivity index (χ3n) is 5.11. The van der Waals surface area contributed by atoms with Crippen molar-refractivity contribution < 1.29 is 14.2 Å². The van der Waals surface area contributed by atoms with Crippen LogP contribution in [0.3, 0.4) is 0 Å². The molecule has 1 fully saturated rings. The SMILES string of the molecule is CN=C(NCc1ccccc1CN1CCOCC1)NCc1cccnc1OCCOC.I. The Morgan fingerprint density at radius 2 is 1.72 bits per heavy atom. The Balaban J connectivity index is 0.00000363. The summed E-state index contributed by atoms with van der Waals surface area (Å²) in [5, 5.41) is 6.77. The average Bonchev–Trinajstić information content (AvgIpc) is 2.82. The van der Waals surface area contributed by atoms with Gasteiger partial charge in [-0.05, 0) is 17.2 Å². The van der Waals surface area contributed by atoms with E-state index in [1.807, 2.05) is 12.1 Å². The fraction of sp³-hybridized carbons (Fsp3) is 0.478. The predicted molar refractivity (Wildman–Crippen MR) is 137 cm³/mol. The fourth-order valence-corrected chi connectivity index (χ4v) is 3.37. The van der Waals surface area contributed by atoms with E-state index in [1.54, 1.807) is 20.4 Å². The molecule has 0 unspecified atom stereocenters. The van der Waals surface area contributed by atoms with Gasteiger partial charge in [-0.3, -0.25) is 9.89 Å². The maximum atomic E-state index is 5.71. The number of halogens is 1. The van der Waals surface area contributed by atoms with Crippen LogP contribution in [0.15, 0.2) is 47.6 Å². The molecule has 2 aromatic rings. The summed E-state index contributed by atoms with van der Waals surface area (Å²) < 4.78 is 16.2. The Hall–Kier alpha value is -1.95. The highest BCUT2D eigenvalue weighted by molar-refractivity contribution is 14.0. The van der Waals surface area contributed by atoms with Crippen molar-refractivity contribution in [1.82, 2.24) is 20.5 Å². The van der Waals surface area contributed by atoms with Gasteiger partial charge in [0.15, 0.2) is 5.96 Å². The average molecular weight is 555 g/mol. The van der Waals surface area contributed by atoms with Crippen molar-refractivity contribution >= 4 is 29.9 Å². The molecule has 0 bridgehead atoms. The zero-order valence-electron chi connectivity index (χ0n) is 18.9. The summed E-state index contributed by atoms with van der Waals surface area (Å²) in [6.45, 7) is 6.76. The quantitative estimate of drug-likeness (QED) is 0.202. The predicted octanol–water partition coefficient (Wildman–Crippen LogP) is 2.42. The Kier molecular flexibility index (Phi) is 12.3. The van der Waals surface area contributed by atoms with Crippen LogP contribution in [0, 0.1) is 0 Å². The number of nitrogens with one attached hydrogen (secondary N) is 2. The fourth-order valence-electron chi connectivity index (χ4n) is 3.37. The summed E-state index contributed by atoms with van der Waals surface area (Å²) in [5.41, 5.74) is 3.56. The molecule has 0 amide bonds. The van der Waals surface area contributed by atoms with Crippen LogP contribution in [0.4, 0.5) is 0 Å². The highest BCUT2D eigenvalue weighted by Gasteiger charge is 2.13. The molecule has 176 valence electrons. The van der Waals surface area contributed by atoms with E-state index in [0.717, 1.165) is 44.4 Å². The number of hydrogen-bond donors (Lipinski definition) is 2. The van der Waals surface area contributed by atoms with E-state index in [1.165, 1.54) is 11.1 Å². The standard InChI is InChI=1S/C23H33N5O3.HI/c1-24-23(27-17-20-8-5-9-25-22(20)31-15-14-29-2)26-16-19-6-3-4-7-21(19)18-28-10-12-30-13-11-28;/h3-9H,10-18H2,1-2H3,(H2,24,26,27);1H. The van der Waals surface area contributed by atoms with Crippen LogP contribution in [0.25, 0.3) is 0 Å². The molecule has 9 heteroatoms. The first-order valence-corrected chi connectivity index (χ1v) is 10.7. The van der Waals surface area contributed by atoms with Crippen molar-refractivity contribution in [2.24, 2.45) is 4.99 Å². The summed E-state index contributed by atoms with van der Waals surface area (Å²) in [4.78, 5) is 11.1. The smallest absolute Gasteiger partial charge is 0.218 e. The van der Waals surface area contributed by atoms with Crippen LogP contribution in [0.2, 0.25) is 0 Å². The number of methoxy groups -OCH3 is 1. The van der Waals surface area contributed by atoms with E-state index in [2.05, 4.69) is 49.8 Å². The van der Waals surface area contributed by atoms with Crippen LogP contribution in [-0.2, 0) is 29.1 Å². The highest BCUT2D eigenvalue weighted by Crippen LogP contribution is 2.15. The summed E-state index contributed by atoms with van der Waals surface area (Å²) in [7, 11) is 3.42. The first-order valence-electron chi connectivity index (χ1n) is 10.7. The molecule has 8 nitrogen and oxygen atoms in total. The molecule has 1 aliphatic heterocycles. The Morgan fingerprint density at radius 3 is 2.44 bits per heavy atom. The van der Waals surface area contributed by atoms with Gasteiger partial charge in [-0.2, -0.15) is 0 Å². The second-order valence-electron chi connectivity index (χ2n) is 7.25. The van der Waals surface area contributed by atoms with Crippen molar-refractivity contribution in [3.05, 3.63) is 59.3 Å². The third-order valence-corrected chi connectivity index (χ3v) is 5.11. The highest BCUT2D eigenvalue weighted by atomic mass is 127. The van der Waals surface area contributed by atoms with Gasteiger partial charge in [0.25, 0.3) is 0 Å². The molecule has 0 radical (unpaired) electrons. The number of benzene rings is 1. The molecule has 2 N–H and O–H groups in total. The number of aliphatic imine (C=N–C) groups is 1. The van der Waals surface area contributed by atoms with Crippen molar-refractivity contribution in [1.29, 1.82) is 0 Å². The molecule has 2 heterocycles. The second-order valence-corrected chi connectivity index (χ2v) is 7.25.